The maximum atomic E-state index is 4.34. The lowest BCUT2D eigenvalue weighted by Gasteiger charge is -2.42. The van der Waals surface area contributed by atoms with Crippen molar-refractivity contribution >= 4 is 0 Å². The number of imidazole rings is 1. The lowest BCUT2D eigenvalue weighted by molar-refractivity contribution is 0.0922. The van der Waals surface area contributed by atoms with Gasteiger partial charge in [0.2, 0.25) is 0 Å². The van der Waals surface area contributed by atoms with Gasteiger partial charge >= 0.3 is 0 Å². The summed E-state index contributed by atoms with van der Waals surface area (Å²) >= 11 is 0. The molecular formula is C17H30N4. The minimum atomic E-state index is 0.661. The summed E-state index contributed by atoms with van der Waals surface area (Å²) in [4.78, 5) is 7.09. The summed E-state index contributed by atoms with van der Waals surface area (Å²) in [5.74, 6) is 2.84. The number of aromatic nitrogens is 2. The van der Waals surface area contributed by atoms with E-state index in [9.17, 15) is 0 Å². The summed E-state index contributed by atoms with van der Waals surface area (Å²) in [6.07, 6.45) is 8.14. The molecule has 0 bridgehead atoms. The van der Waals surface area contributed by atoms with E-state index in [0.29, 0.717) is 6.04 Å². The molecule has 1 N–H and O–H groups in total. The van der Waals surface area contributed by atoms with E-state index in [1.165, 1.54) is 32.4 Å². The van der Waals surface area contributed by atoms with Gasteiger partial charge in [0.05, 0.1) is 0 Å². The van der Waals surface area contributed by atoms with E-state index in [1.54, 1.807) is 0 Å². The van der Waals surface area contributed by atoms with Gasteiger partial charge in [-0.05, 0) is 31.6 Å². The molecule has 0 aromatic carbocycles. The maximum absolute atomic E-state index is 4.34. The molecule has 2 aliphatic rings. The normalized spacial score (nSPS) is 28.7. The van der Waals surface area contributed by atoms with Gasteiger partial charge in [-0.2, -0.15) is 0 Å². The van der Waals surface area contributed by atoms with Crippen LogP contribution in [0.2, 0.25) is 0 Å². The molecule has 2 fully saturated rings. The zero-order valence-electron chi connectivity index (χ0n) is 13.8. The predicted molar refractivity (Wildman–Crippen MR) is 86.3 cm³/mol. The van der Waals surface area contributed by atoms with Crippen molar-refractivity contribution in [3.8, 4) is 0 Å². The first-order valence-electron chi connectivity index (χ1n) is 8.64. The topological polar surface area (TPSA) is 33.1 Å². The third-order valence-electron chi connectivity index (χ3n) is 5.54. The molecule has 1 saturated carbocycles. The van der Waals surface area contributed by atoms with E-state index in [4.69, 9.17) is 0 Å². The van der Waals surface area contributed by atoms with E-state index in [0.717, 1.165) is 36.8 Å². The molecule has 1 aromatic rings. The van der Waals surface area contributed by atoms with Crippen LogP contribution in [0, 0.1) is 18.8 Å². The van der Waals surface area contributed by atoms with Crippen molar-refractivity contribution in [1.29, 1.82) is 0 Å². The van der Waals surface area contributed by atoms with Crippen LogP contribution in [-0.2, 0) is 6.54 Å². The van der Waals surface area contributed by atoms with Gasteiger partial charge in [0, 0.05) is 50.7 Å². The van der Waals surface area contributed by atoms with Crippen LogP contribution in [0.3, 0.4) is 0 Å². The molecule has 2 heterocycles. The van der Waals surface area contributed by atoms with Gasteiger partial charge in [0.1, 0.15) is 5.82 Å². The molecule has 1 aromatic heterocycles. The fraction of sp³-hybridized carbons (Fsp3) is 0.824. The van der Waals surface area contributed by atoms with E-state index in [-0.39, 0.29) is 0 Å². The van der Waals surface area contributed by atoms with Crippen LogP contribution < -0.4 is 5.32 Å². The van der Waals surface area contributed by atoms with Crippen molar-refractivity contribution in [2.24, 2.45) is 11.8 Å². The number of nitrogens with zero attached hydrogens (tertiary/aromatic N) is 3. The van der Waals surface area contributed by atoms with Gasteiger partial charge in [0.25, 0.3) is 0 Å². The highest BCUT2D eigenvalue weighted by atomic mass is 15.3. The molecule has 118 valence electrons. The molecule has 3 atom stereocenters. The van der Waals surface area contributed by atoms with Crippen molar-refractivity contribution in [2.45, 2.75) is 58.7 Å². The van der Waals surface area contributed by atoms with Crippen LogP contribution in [0.15, 0.2) is 12.4 Å². The monoisotopic (exact) mass is 290 g/mol. The molecule has 1 saturated heterocycles. The Hall–Kier alpha value is -0.870. The molecule has 3 unspecified atom stereocenters. The molecule has 3 rings (SSSR count). The van der Waals surface area contributed by atoms with Crippen molar-refractivity contribution in [1.82, 2.24) is 19.8 Å². The highest BCUT2D eigenvalue weighted by Gasteiger charge is 2.39. The molecular weight excluding hydrogens is 260 g/mol. The number of nitrogens with one attached hydrogen (secondary N) is 1. The summed E-state index contributed by atoms with van der Waals surface area (Å²) in [5.41, 5.74) is 0. The molecule has 0 spiro atoms. The third-order valence-corrected chi connectivity index (χ3v) is 5.54. The second-order valence-electron chi connectivity index (χ2n) is 6.97. The van der Waals surface area contributed by atoms with Crippen LogP contribution in [0.5, 0.6) is 0 Å². The highest BCUT2D eigenvalue weighted by molar-refractivity contribution is 4.96. The Kier molecular flexibility index (Phi) is 4.65. The lowest BCUT2D eigenvalue weighted by Crippen LogP contribution is -2.59. The molecule has 21 heavy (non-hydrogen) atoms. The van der Waals surface area contributed by atoms with Gasteiger partial charge in [-0.25, -0.2) is 4.98 Å². The fourth-order valence-electron chi connectivity index (χ4n) is 3.60. The zero-order valence-corrected chi connectivity index (χ0v) is 13.8. The smallest absolute Gasteiger partial charge is 0.105 e. The Morgan fingerprint density at radius 1 is 1.38 bits per heavy atom. The largest absolute Gasteiger partial charge is 0.334 e. The summed E-state index contributed by atoms with van der Waals surface area (Å²) in [5, 5.41) is 3.81. The average molecular weight is 290 g/mol. The summed E-state index contributed by atoms with van der Waals surface area (Å²) in [7, 11) is 0. The lowest BCUT2D eigenvalue weighted by atomic mass is 9.94. The molecule has 0 amide bonds. The molecule has 1 aliphatic carbocycles. The van der Waals surface area contributed by atoms with Gasteiger partial charge in [0.15, 0.2) is 0 Å². The average Bonchev–Trinajstić information content (AvgIpc) is 3.27. The number of hydrogen-bond acceptors (Lipinski definition) is 3. The number of aryl methyl sites for hydroxylation is 1. The number of hydrogen-bond donors (Lipinski definition) is 1. The van der Waals surface area contributed by atoms with Crippen LogP contribution >= 0.6 is 0 Å². The first-order chi connectivity index (χ1) is 10.2. The molecule has 0 radical (unpaired) electrons. The standard InChI is InChI=1S/C17H30N4/c1-4-13(2)16-12-21(17(11-19-16)15-5-6-15)10-9-20-8-7-18-14(20)3/h7-8,13,15-17,19H,4-6,9-12H2,1-3H3. The first-order valence-corrected chi connectivity index (χ1v) is 8.64. The van der Waals surface area contributed by atoms with E-state index in [2.05, 4.69) is 46.7 Å². The summed E-state index contributed by atoms with van der Waals surface area (Å²) < 4.78 is 2.28. The van der Waals surface area contributed by atoms with Crippen LogP contribution in [0.1, 0.15) is 38.9 Å². The van der Waals surface area contributed by atoms with E-state index >= 15 is 0 Å². The second kappa shape index (κ2) is 6.49. The summed E-state index contributed by atoms with van der Waals surface area (Å²) in [6, 6.07) is 1.42. The Morgan fingerprint density at radius 2 is 2.19 bits per heavy atom. The molecule has 1 aliphatic heterocycles. The molecule has 4 heteroatoms. The van der Waals surface area contributed by atoms with Crippen LogP contribution in [0.4, 0.5) is 0 Å². The van der Waals surface area contributed by atoms with Crippen LogP contribution in [-0.4, -0.2) is 46.2 Å². The van der Waals surface area contributed by atoms with Gasteiger partial charge in [-0.1, -0.05) is 20.3 Å². The van der Waals surface area contributed by atoms with Crippen molar-refractivity contribution < 1.29 is 0 Å². The number of rotatable bonds is 6. The zero-order chi connectivity index (χ0) is 14.8. The third kappa shape index (κ3) is 3.49. The maximum Gasteiger partial charge on any atom is 0.105 e. The Balaban J connectivity index is 1.61. The fourth-order valence-corrected chi connectivity index (χ4v) is 3.60. The molecule has 4 nitrogen and oxygen atoms in total. The minimum Gasteiger partial charge on any atom is -0.334 e. The number of piperazine rings is 1. The summed E-state index contributed by atoms with van der Waals surface area (Å²) in [6.45, 7) is 11.4. The van der Waals surface area contributed by atoms with Crippen molar-refractivity contribution in [3.05, 3.63) is 18.2 Å². The quantitative estimate of drug-likeness (QED) is 0.872. The first kappa shape index (κ1) is 15.0. The van der Waals surface area contributed by atoms with Gasteiger partial charge in [-0.3, -0.25) is 4.90 Å². The van der Waals surface area contributed by atoms with Gasteiger partial charge < -0.3 is 9.88 Å². The Morgan fingerprint density at radius 3 is 2.81 bits per heavy atom. The predicted octanol–water partition coefficient (Wildman–Crippen LogP) is 2.29. The van der Waals surface area contributed by atoms with E-state index < -0.39 is 0 Å². The highest BCUT2D eigenvalue weighted by Crippen LogP contribution is 2.36. The Bertz CT molecular complexity index is 451. The second-order valence-corrected chi connectivity index (χ2v) is 6.97. The Labute approximate surface area is 128 Å². The van der Waals surface area contributed by atoms with Gasteiger partial charge in [-0.15, -0.1) is 0 Å². The van der Waals surface area contributed by atoms with Crippen molar-refractivity contribution in [2.75, 3.05) is 19.6 Å². The van der Waals surface area contributed by atoms with Crippen molar-refractivity contribution in [3.63, 3.8) is 0 Å². The van der Waals surface area contributed by atoms with Crippen LogP contribution in [0.25, 0.3) is 0 Å². The SMILES string of the molecule is CCC(C)C1CN(CCn2ccnc2C)C(C2CC2)CN1. The van der Waals surface area contributed by atoms with E-state index in [1.807, 2.05) is 6.20 Å². The minimum absolute atomic E-state index is 0.661.